The monoisotopic (exact) mass is 379 g/mol. The first-order valence-electron chi connectivity index (χ1n) is 7.96. The van der Waals surface area contributed by atoms with Gasteiger partial charge in [0.25, 0.3) is 11.5 Å². The van der Waals surface area contributed by atoms with E-state index in [1.54, 1.807) is 48.5 Å². The van der Waals surface area contributed by atoms with Crippen LogP contribution in [0.3, 0.4) is 0 Å². The van der Waals surface area contributed by atoms with Gasteiger partial charge in [0.1, 0.15) is 16.5 Å². The Balaban J connectivity index is 2.39. The Morgan fingerprint density at radius 1 is 1.19 bits per heavy atom. The number of nitrogens with one attached hydrogen (secondary N) is 1. The van der Waals surface area contributed by atoms with Crippen LogP contribution in [0.2, 0.25) is 0 Å². The first-order valence-corrected chi connectivity index (χ1v) is 8.78. The zero-order chi connectivity index (χ0) is 19.4. The Kier molecular flexibility index (Phi) is 5.29. The topological polar surface area (TPSA) is 74.9 Å². The highest BCUT2D eigenvalue weighted by atomic mass is 32.1. The lowest BCUT2D eigenvalue weighted by molar-refractivity contribution is -0.115. The van der Waals surface area contributed by atoms with Gasteiger partial charge in [-0.25, -0.2) is 4.39 Å². The number of benzene rings is 2. The van der Waals surface area contributed by atoms with Crippen molar-refractivity contribution in [3.8, 4) is 11.8 Å². The molecule has 0 aliphatic heterocycles. The predicted octanol–water partition coefficient (Wildman–Crippen LogP) is 1.29. The van der Waals surface area contributed by atoms with E-state index in [9.17, 15) is 19.2 Å². The summed E-state index contributed by atoms with van der Waals surface area (Å²) >= 11 is 1.04. The minimum Gasteiger partial charge on any atom is -0.354 e. The number of para-hydroxylation sites is 1. The molecule has 0 radical (unpaired) electrons. The lowest BCUT2D eigenvalue weighted by atomic mass is 10.2. The molecule has 5 nitrogen and oxygen atoms in total. The van der Waals surface area contributed by atoms with Crippen molar-refractivity contribution < 1.29 is 9.18 Å². The summed E-state index contributed by atoms with van der Waals surface area (Å²) in [5.41, 5.74) is 0.675. The molecule has 0 saturated heterocycles. The van der Waals surface area contributed by atoms with Gasteiger partial charge in [-0.2, -0.15) is 5.26 Å². The van der Waals surface area contributed by atoms with Crippen LogP contribution in [0.5, 0.6) is 0 Å². The second kappa shape index (κ2) is 7.81. The molecule has 0 fully saturated rings. The molecule has 1 heterocycles. The van der Waals surface area contributed by atoms with Gasteiger partial charge in [0.15, 0.2) is 5.57 Å². The van der Waals surface area contributed by atoms with Crippen molar-refractivity contribution in [1.29, 1.82) is 5.26 Å². The first kappa shape index (κ1) is 18.3. The number of thiazole rings is 1. The van der Waals surface area contributed by atoms with Gasteiger partial charge in [-0.05, 0) is 35.9 Å². The molecule has 3 aromatic rings. The molecule has 0 spiro atoms. The summed E-state index contributed by atoms with van der Waals surface area (Å²) in [6.07, 6.45) is 1.61. The van der Waals surface area contributed by atoms with Crippen molar-refractivity contribution in [2.45, 2.75) is 0 Å². The third-order valence-corrected chi connectivity index (χ3v) is 4.88. The number of hydrogen-bond donors (Lipinski definition) is 1. The average molecular weight is 379 g/mol. The molecule has 1 aromatic heterocycles. The van der Waals surface area contributed by atoms with Crippen molar-refractivity contribution in [2.24, 2.45) is 0 Å². The molecule has 0 atom stereocenters. The molecule has 3 rings (SSSR count). The van der Waals surface area contributed by atoms with Gasteiger partial charge in [-0.15, -0.1) is 11.3 Å². The fraction of sp³-hybridized carbons (Fsp3) is 0.0500. The van der Waals surface area contributed by atoms with Gasteiger partial charge in [0.2, 0.25) is 0 Å². The molecule has 2 aromatic carbocycles. The summed E-state index contributed by atoms with van der Waals surface area (Å²) in [6, 6.07) is 16.4. The largest absolute Gasteiger partial charge is 0.354 e. The van der Waals surface area contributed by atoms with Crippen LogP contribution in [-0.4, -0.2) is 17.5 Å². The molecule has 0 saturated carbocycles. The van der Waals surface area contributed by atoms with Crippen molar-refractivity contribution in [2.75, 3.05) is 7.05 Å². The molecule has 0 aliphatic carbocycles. The second-order valence-electron chi connectivity index (χ2n) is 5.51. The molecule has 7 heteroatoms. The number of nitriles is 1. The summed E-state index contributed by atoms with van der Waals surface area (Å²) in [5, 5.41) is 11.9. The number of aromatic nitrogens is 1. The Bertz CT molecular complexity index is 1200. The van der Waals surface area contributed by atoms with Crippen LogP contribution in [0.1, 0.15) is 5.56 Å². The Hall–Kier alpha value is -3.50. The quantitative estimate of drug-likeness (QED) is 0.745. The fourth-order valence-electron chi connectivity index (χ4n) is 2.49. The van der Waals surface area contributed by atoms with Crippen molar-refractivity contribution in [1.82, 2.24) is 9.88 Å². The molecule has 27 heavy (non-hydrogen) atoms. The van der Waals surface area contributed by atoms with E-state index in [1.165, 1.54) is 23.7 Å². The number of nitrogens with zero attached hydrogens (tertiary/aromatic N) is 2. The molecular formula is C20H14FN3O2S. The maximum Gasteiger partial charge on any atom is 0.273 e. The lowest BCUT2D eigenvalue weighted by Gasteiger charge is -2.02. The highest BCUT2D eigenvalue weighted by molar-refractivity contribution is 7.07. The van der Waals surface area contributed by atoms with Gasteiger partial charge >= 0.3 is 0 Å². The van der Waals surface area contributed by atoms with E-state index in [1.807, 2.05) is 6.07 Å². The second-order valence-corrected chi connectivity index (χ2v) is 6.54. The van der Waals surface area contributed by atoms with Crippen LogP contribution in [0.4, 0.5) is 4.39 Å². The van der Waals surface area contributed by atoms with Crippen LogP contribution in [0, 0.1) is 17.1 Å². The molecule has 134 valence electrons. The van der Waals surface area contributed by atoms with Gasteiger partial charge in [-0.3, -0.25) is 14.2 Å². The minimum absolute atomic E-state index is 0.151. The molecule has 1 amide bonds. The number of carbonyl (C=O) groups excluding carboxylic acids is 1. The van der Waals surface area contributed by atoms with E-state index in [0.29, 0.717) is 15.8 Å². The molecule has 0 unspecified atom stereocenters. The maximum atomic E-state index is 13.1. The zero-order valence-corrected chi connectivity index (χ0v) is 15.1. The van der Waals surface area contributed by atoms with Crippen molar-refractivity contribution in [3.05, 3.63) is 85.5 Å². The highest BCUT2D eigenvalue weighted by Crippen LogP contribution is 2.05. The number of amides is 1. The molecular weight excluding hydrogens is 365 g/mol. The number of carbonyl (C=O) groups is 1. The number of rotatable bonds is 3. The summed E-state index contributed by atoms with van der Waals surface area (Å²) in [5.74, 6) is -0.947. The lowest BCUT2D eigenvalue weighted by Crippen LogP contribution is -2.33. The first-order chi connectivity index (χ1) is 13.0. The normalized spacial score (nSPS) is 12.4. The summed E-state index contributed by atoms with van der Waals surface area (Å²) in [6.45, 7) is 0. The minimum atomic E-state index is -0.572. The van der Waals surface area contributed by atoms with E-state index in [2.05, 4.69) is 5.32 Å². The fourth-order valence-corrected chi connectivity index (χ4v) is 3.59. The number of halogens is 1. The maximum absolute atomic E-state index is 13.1. The standard InChI is InChI=1S/C20H14FN3O2S/c1-23-18(25)16(12-22)20-24(15-5-3-2-4-6-15)19(26)17(27-20)11-13-7-9-14(21)10-8-13/h2-11H,1H3,(H,23,25)/b17-11+,20-16-. The number of hydrogen-bond acceptors (Lipinski definition) is 4. The molecule has 1 N–H and O–H groups in total. The van der Waals surface area contributed by atoms with E-state index < -0.39 is 5.91 Å². The van der Waals surface area contributed by atoms with E-state index >= 15 is 0 Å². The van der Waals surface area contributed by atoms with Crippen LogP contribution in [-0.2, 0) is 4.79 Å². The van der Waals surface area contributed by atoms with E-state index in [-0.39, 0.29) is 21.6 Å². The summed E-state index contributed by atoms with van der Waals surface area (Å²) < 4.78 is 15.0. The van der Waals surface area contributed by atoms with Crippen LogP contribution >= 0.6 is 11.3 Å². The van der Waals surface area contributed by atoms with Gasteiger partial charge < -0.3 is 5.32 Å². The smallest absolute Gasteiger partial charge is 0.273 e. The van der Waals surface area contributed by atoms with Gasteiger partial charge in [0, 0.05) is 7.05 Å². The van der Waals surface area contributed by atoms with E-state index in [4.69, 9.17) is 0 Å². The van der Waals surface area contributed by atoms with Gasteiger partial charge in [0.05, 0.1) is 10.2 Å². The van der Waals surface area contributed by atoms with Crippen molar-refractivity contribution in [3.63, 3.8) is 0 Å². The van der Waals surface area contributed by atoms with E-state index in [0.717, 1.165) is 11.3 Å². The molecule has 0 aliphatic rings. The van der Waals surface area contributed by atoms with Crippen LogP contribution in [0.15, 0.2) is 59.4 Å². The third kappa shape index (κ3) is 3.71. The van der Waals surface area contributed by atoms with Crippen LogP contribution < -0.4 is 20.1 Å². The third-order valence-electron chi connectivity index (χ3n) is 3.79. The Morgan fingerprint density at radius 3 is 2.44 bits per heavy atom. The predicted molar refractivity (Wildman–Crippen MR) is 102 cm³/mol. The van der Waals surface area contributed by atoms with Crippen LogP contribution in [0.25, 0.3) is 17.3 Å². The molecule has 0 bridgehead atoms. The SMILES string of the molecule is CNC(=O)/C(C#N)=c1\s/c(=C/c2ccc(F)cc2)c(=O)n1-c1ccccc1. The van der Waals surface area contributed by atoms with Gasteiger partial charge in [-0.1, -0.05) is 30.3 Å². The zero-order valence-electron chi connectivity index (χ0n) is 14.3. The Morgan fingerprint density at radius 2 is 1.85 bits per heavy atom. The summed E-state index contributed by atoms with van der Waals surface area (Å²) in [7, 11) is 1.42. The highest BCUT2D eigenvalue weighted by Gasteiger charge is 2.15. The summed E-state index contributed by atoms with van der Waals surface area (Å²) in [4.78, 5) is 25.1. The van der Waals surface area contributed by atoms with Crippen molar-refractivity contribution >= 4 is 28.9 Å². The average Bonchev–Trinajstić information content (AvgIpc) is 3.00. The Labute approximate surface area is 157 Å².